The number of hydrogen-bond acceptors (Lipinski definition) is 6. The van der Waals surface area contributed by atoms with Gasteiger partial charge in [0, 0.05) is 23.7 Å². The molecule has 0 spiro atoms. The summed E-state index contributed by atoms with van der Waals surface area (Å²) in [6.07, 6.45) is 2.31. The normalized spacial score (nSPS) is 10.7. The molecule has 5 rings (SSSR count). The van der Waals surface area contributed by atoms with Crippen molar-refractivity contribution in [3.63, 3.8) is 0 Å². The van der Waals surface area contributed by atoms with Gasteiger partial charge in [0.15, 0.2) is 0 Å². The lowest BCUT2D eigenvalue weighted by atomic mass is 10.1. The number of aryl methyl sites for hydroxylation is 1. The van der Waals surface area contributed by atoms with Crippen LogP contribution in [-0.4, -0.2) is 41.8 Å². The SMILES string of the molecule is O=C(CCCn1nnc(-c2ccccc2)n1)NNC(=O)c1cn(-c2ccccc2)nc1-c1ccccc1. The Morgan fingerprint density at radius 3 is 2.11 bits per heavy atom. The lowest BCUT2D eigenvalue weighted by Crippen LogP contribution is -2.41. The Bertz CT molecular complexity index is 1480. The van der Waals surface area contributed by atoms with Gasteiger partial charge in [-0.1, -0.05) is 78.9 Å². The molecule has 3 aromatic carbocycles. The minimum absolute atomic E-state index is 0.178. The second-order valence-electron chi connectivity index (χ2n) is 8.22. The van der Waals surface area contributed by atoms with E-state index in [0.717, 1.165) is 16.8 Å². The number of hydrazine groups is 1. The van der Waals surface area contributed by atoms with Crippen LogP contribution in [0.15, 0.2) is 97.2 Å². The molecule has 0 aliphatic carbocycles. The maximum absolute atomic E-state index is 13.0. The van der Waals surface area contributed by atoms with E-state index < -0.39 is 5.91 Å². The van der Waals surface area contributed by atoms with Crippen LogP contribution in [0.1, 0.15) is 23.2 Å². The molecule has 0 unspecified atom stereocenters. The number of carbonyl (C=O) groups is 2. The average molecular weight is 493 g/mol. The van der Waals surface area contributed by atoms with E-state index in [1.54, 1.807) is 10.9 Å². The molecule has 10 nitrogen and oxygen atoms in total. The number of para-hydroxylation sites is 1. The van der Waals surface area contributed by atoms with E-state index >= 15 is 0 Å². The van der Waals surface area contributed by atoms with Crippen LogP contribution in [0.2, 0.25) is 0 Å². The third-order valence-corrected chi connectivity index (χ3v) is 5.59. The predicted molar refractivity (Wildman–Crippen MR) is 137 cm³/mol. The number of carbonyl (C=O) groups excluding carboxylic acids is 2. The quantitative estimate of drug-likeness (QED) is 0.320. The number of amides is 2. The van der Waals surface area contributed by atoms with Gasteiger partial charge < -0.3 is 0 Å². The van der Waals surface area contributed by atoms with Crippen molar-refractivity contribution in [3.8, 4) is 28.3 Å². The summed E-state index contributed by atoms with van der Waals surface area (Å²) >= 11 is 0. The number of benzene rings is 3. The van der Waals surface area contributed by atoms with Crippen LogP contribution in [0, 0.1) is 0 Å². The van der Waals surface area contributed by atoms with Crippen LogP contribution in [0.4, 0.5) is 0 Å². The van der Waals surface area contributed by atoms with E-state index in [1.807, 2.05) is 91.0 Å². The Morgan fingerprint density at radius 1 is 0.757 bits per heavy atom. The summed E-state index contributed by atoms with van der Waals surface area (Å²) in [5.74, 6) is -0.254. The maximum atomic E-state index is 13.0. The van der Waals surface area contributed by atoms with Gasteiger partial charge in [-0.3, -0.25) is 20.4 Å². The first-order chi connectivity index (χ1) is 18.2. The molecule has 2 heterocycles. The van der Waals surface area contributed by atoms with E-state index in [-0.39, 0.29) is 12.3 Å². The zero-order valence-corrected chi connectivity index (χ0v) is 19.9. The van der Waals surface area contributed by atoms with Crippen molar-refractivity contribution in [1.29, 1.82) is 0 Å². The van der Waals surface area contributed by atoms with Crippen LogP contribution in [0.25, 0.3) is 28.3 Å². The molecule has 5 aromatic rings. The second kappa shape index (κ2) is 11.1. The first-order valence-electron chi connectivity index (χ1n) is 11.8. The average Bonchev–Trinajstić information content (AvgIpc) is 3.61. The standard InChI is InChI=1S/C27H24N8O2/c36-24(17-10-18-35-32-26(29-33-35)21-13-6-2-7-14-21)28-30-27(37)23-19-34(22-15-8-3-9-16-22)31-25(23)20-11-4-1-5-12-20/h1-9,11-16,19H,10,17-18H2,(H,28,36)(H,30,37). The van der Waals surface area contributed by atoms with Gasteiger partial charge in [0.25, 0.3) is 5.91 Å². The van der Waals surface area contributed by atoms with Crippen molar-refractivity contribution >= 4 is 11.8 Å². The van der Waals surface area contributed by atoms with Gasteiger partial charge in [-0.05, 0) is 23.8 Å². The predicted octanol–water partition coefficient (Wildman–Crippen LogP) is 3.43. The molecule has 2 aromatic heterocycles. The molecule has 0 fully saturated rings. The molecule has 2 N–H and O–H groups in total. The van der Waals surface area contributed by atoms with Crippen molar-refractivity contribution in [1.82, 2.24) is 40.8 Å². The van der Waals surface area contributed by atoms with Gasteiger partial charge in [0.2, 0.25) is 11.7 Å². The molecule has 0 aliphatic rings. The summed E-state index contributed by atoms with van der Waals surface area (Å²) in [5.41, 5.74) is 8.34. The van der Waals surface area contributed by atoms with Gasteiger partial charge in [-0.25, -0.2) is 4.68 Å². The molecule has 10 heteroatoms. The van der Waals surface area contributed by atoms with Gasteiger partial charge in [-0.15, -0.1) is 10.2 Å². The fraction of sp³-hybridized carbons (Fsp3) is 0.111. The smallest absolute Gasteiger partial charge is 0.273 e. The largest absolute Gasteiger partial charge is 0.273 e. The Kier molecular flexibility index (Phi) is 7.07. The van der Waals surface area contributed by atoms with Crippen LogP contribution < -0.4 is 10.9 Å². The zero-order valence-electron chi connectivity index (χ0n) is 19.9. The number of tetrazole rings is 1. The van der Waals surface area contributed by atoms with E-state index in [4.69, 9.17) is 0 Å². The minimum atomic E-state index is -0.458. The molecule has 37 heavy (non-hydrogen) atoms. The Labute approximate surface area is 212 Å². The van der Waals surface area contributed by atoms with Crippen LogP contribution in [-0.2, 0) is 11.3 Å². The van der Waals surface area contributed by atoms with Gasteiger partial charge in [0.05, 0.1) is 17.8 Å². The lowest BCUT2D eigenvalue weighted by molar-refractivity contribution is -0.122. The van der Waals surface area contributed by atoms with Crippen molar-refractivity contribution in [2.45, 2.75) is 19.4 Å². The van der Waals surface area contributed by atoms with Crippen LogP contribution in [0.5, 0.6) is 0 Å². The Balaban J connectivity index is 1.19. The summed E-state index contributed by atoms with van der Waals surface area (Å²) in [5, 5.41) is 17.1. The molecule has 184 valence electrons. The van der Waals surface area contributed by atoms with Crippen LogP contribution in [0.3, 0.4) is 0 Å². The fourth-order valence-corrected chi connectivity index (χ4v) is 3.74. The molecule has 2 amide bonds. The Morgan fingerprint density at radius 2 is 1.41 bits per heavy atom. The number of rotatable bonds is 8. The molecule has 0 radical (unpaired) electrons. The van der Waals surface area contributed by atoms with E-state index in [0.29, 0.717) is 30.0 Å². The highest BCUT2D eigenvalue weighted by atomic mass is 16.2. The van der Waals surface area contributed by atoms with Crippen molar-refractivity contribution < 1.29 is 9.59 Å². The van der Waals surface area contributed by atoms with E-state index in [1.165, 1.54) is 4.80 Å². The van der Waals surface area contributed by atoms with Crippen molar-refractivity contribution in [2.24, 2.45) is 0 Å². The fourth-order valence-electron chi connectivity index (χ4n) is 3.74. The summed E-state index contributed by atoms with van der Waals surface area (Å²) in [6.45, 7) is 0.420. The summed E-state index contributed by atoms with van der Waals surface area (Å²) in [7, 11) is 0. The Hall–Kier alpha value is -5.12. The molecule has 0 saturated carbocycles. The highest BCUT2D eigenvalue weighted by molar-refractivity contribution is 6.00. The highest BCUT2D eigenvalue weighted by Crippen LogP contribution is 2.23. The number of aromatic nitrogens is 6. The first kappa shape index (κ1) is 23.6. The van der Waals surface area contributed by atoms with Gasteiger partial charge >= 0.3 is 0 Å². The topological polar surface area (TPSA) is 120 Å². The summed E-state index contributed by atoms with van der Waals surface area (Å²) in [4.78, 5) is 26.8. The van der Waals surface area contributed by atoms with Crippen molar-refractivity contribution in [2.75, 3.05) is 0 Å². The first-order valence-corrected chi connectivity index (χ1v) is 11.8. The lowest BCUT2D eigenvalue weighted by Gasteiger charge is -2.07. The summed E-state index contributed by atoms with van der Waals surface area (Å²) in [6, 6.07) is 28.5. The van der Waals surface area contributed by atoms with Gasteiger partial charge in [0.1, 0.15) is 5.69 Å². The van der Waals surface area contributed by atoms with E-state index in [9.17, 15) is 9.59 Å². The second-order valence-corrected chi connectivity index (χ2v) is 8.22. The highest BCUT2D eigenvalue weighted by Gasteiger charge is 2.19. The monoisotopic (exact) mass is 492 g/mol. The number of hydrogen-bond donors (Lipinski definition) is 2. The molecule has 0 saturated heterocycles. The molecule has 0 atom stereocenters. The maximum Gasteiger partial charge on any atom is 0.273 e. The molecular weight excluding hydrogens is 468 g/mol. The minimum Gasteiger partial charge on any atom is -0.273 e. The third-order valence-electron chi connectivity index (χ3n) is 5.59. The van der Waals surface area contributed by atoms with Crippen LogP contribution >= 0.6 is 0 Å². The van der Waals surface area contributed by atoms with E-state index in [2.05, 4.69) is 31.4 Å². The number of nitrogens with one attached hydrogen (secondary N) is 2. The zero-order chi connectivity index (χ0) is 25.5. The molecule has 0 bridgehead atoms. The van der Waals surface area contributed by atoms with Crippen molar-refractivity contribution in [3.05, 3.63) is 103 Å². The molecule has 0 aliphatic heterocycles. The number of nitrogens with zero attached hydrogens (tertiary/aromatic N) is 6. The molecular formula is C27H24N8O2. The van der Waals surface area contributed by atoms with Gasteiger partial charge in [-0.2, -0.15) is 9.90 Å². The summed E-state index contributed by atoms with van der Waals surface area (Å²) < 4.78 is 1.65. The third kappa shape index (κ3) is 5.76.